The molecule has 0 fully saturated rings. The molecule has 0 aliphatic heterocycles. The highest BCUT2D eigenvalue weighted by molar-refractivity contribution is 5.35. The Bertz CT molecular complexity index is 812. The van der Waals surface area contributed by atoms with Gasteiger partial charge in [0.2, 0.25) is 5.82 Å². The summed E-state index contributed by atoms with van der Waals surface area (Å²) in [6.07, 6.45) is 7.48. The van der Waals surface area contributed by atoms with Crippen LogP contribution in [0.15, 0.2) is 48.6 Å². The van der Waals surface area contributed by atoms with Crippen molar-refractivity contribution in [3.8, 4) is 5.75 Å². The molecule has 0 radical (unpaired) electrons. The van der Waals surface area contributed by atoms with Crippen LogP contribution in [0.1, 0.15) is 61.8 Å². The fraction of sp³-hybridized carbons (Fsp3) is 0.417. The van der Waals surface area contributed by atoms with E-state index in [4.69, 9.17) is 4.74 Å². The zero-order valence-corrected chi connectivity index (χ0v) is 16.5. The number of aliphatic hydroxyl groups is 1. The molecule has 150 valence electrons. The summed E-state index contributed by atoms with van der Waals surface area (Å²) in [5.74, 6) is -1.36. The maximum absolute atomic E-state index is 14.4. The van der Waals surface area contributed by atoms with Gasteiger partial charge in [-0.1, -0.05) is 42.5 Å². The van der Waals surface area contributed by atoms with E-state index in [1.807, 2.05) is 18.2 Å². The molecule has 3 unspecified atom stereocenters. The largest absolute Gasteiger partial charge is 0.491 e. The Labute approximate surface area is 165 Å². The summed E-state index contributed by atoms with van der Waals surface area (Å²) in [6, 6.07) is 11.2. The van der Waals surface area contributed by atoms with Crippen LogP contribution in [-0.4, -0.2) is 11.7 Å². The normalized spacial score (nSPS) is 20.2. The van der Waals surface area contributed by atoms with E-state index < -0.39 is 17.7 Å². The van der Waals surface area contributed by atoms with Gasteiger partial charge in [0, 0.05) is 5.92 Å². The van der Waals surface area contributed by atoms with Crippen molar-refractivity contribution in [3.05, 3.63) is 76.9 Å². The minimum absolute atomic E-state index is 0.0250. The molecule has 1 aliphatic carbocycles. The Morgan fingerprint density at radius 3 is 2.39 bits per heavy atom. The lowest BCUT2D eigenvalue weighted by molar-refractivity contribution is 0.199. The second kappa shape index (κ2) is 9.33. The average Bonchev–Trinajstić information content (AvgIpc) is 2.71. The van der Waals surface area contributed by atoms with Gasteiger partial charge >= 0.3 is 0 Å². The number of hydrogen-bond acceptors (Lipinski definition) is 2. The summed E-state index contributed by atoms with van der Waals surface area (Å²) in [5, 5.41) is 9.58. The van der Waals surface area contributed by atoms with Crippen LogP contribution in [-0.2, 0) is 6.42 Å². The maximum atomic E-state index is 14.4. The first-order valence-electron chi connectivity index (χ1n) is 10.1. The quantitative estimate of drug-likeness (QED) is 0.583. The number of halogens is 2. The Hall–Kier alpha value is -2.20. The van der Waals surface area contributed by atoms with Crippen LogP contribution in [0.2, 0.25) is 0 Å². The number of hydrogen-bond donors (Lipinski definition) is 1. The van der Waals surface area contributed by atoms with Gasteiger partial charge in [0.05, 0.1) is 12.7 Å². The monoisotopic (exact) mass is 386 g/mol. The Kier molecular flexibility index (Phi) is 6.84. The lowest BCUT2D eigenvalue weighted by Gasteiger charge is -2.24. The molecule has 0 heterocycles. The van der Waals surface area contributed by atoms with Crippen LogP contribution < -0.4 is 4.74 Å². The highest BCUT2D eigenvalue weighted by Crippen LogP contribution is 2.35. The minimum atomic E-state index is -0.893. The molecule has 4 heteroatoms. The number of aliphatic hydroxyl groups excluding tert-OH is 1. The molecule has 1 N–H and O–H groups in total. The van der Waals surface area contributed by atoms with Gasteiger partial charge in [0.25, 0.3) is 0 Å². The molecule has 2 aromatic carbocycles. The van der Waals surface area contributed by atoms with Crippen molar-refractivity contribution in [2.24, 2.45) is 5.92 Å². The van der Waals surface area contributed by atoms with Crippen LogP contribution >= 0.6 is 0 Å². The highest BCUT2D eigenvalue weighted by Gasteiger charge is 2.23. The third-order valence-corrected chi connectivity index (χ3v) is 5.51. The molecule has 0 amide bonds. The molecule has 1 aliphatic rings. The summed E-state index contributed by atoms with van der Waals surface area (Å²) in [4.78, 5) is 0. The second-order valence-electron chi connectivity index (χ2n) is 7.50. The van der Waals surface area contributed by atoms with Gasteiger partial charge < -0.3 is 9.84 Å². The van der Waals surface area contributed by atoms with E-state index in [-0.39, 0.29) is 11.7 Å². The number of allylic oxidation sites excluding steroid dienone is 2. The molecule has 0 saturated heterocycles. The molecule has 0 saturated carbocycles. The van der Waals surface area contributed by atoms with Crippen molar-refractivity contribution in [1.82, 2.24) is 0 Å². The predicted molar refractivity (Wildman–Crippen MR) is 108 cm³/mol. The molecule has 0 aromatic heterocycles. The van der Waals surface area contributed by atoms with Gasteiger partial charge in [0.1, 0.15) is 0 Å². The fourth-order valence-corrected chi connectivity index (χ4v) is 3.79. The lowest BCUT2D eigenvalue weighted by atomic mass is 9.82. The molecule has 2 aromatic rings. The van der Waals surface area contributed by atoms with Crippen molar-refractivity contribution in [2.45, 2.75) is 51.6 Å². The van der Waals surface area contributed by atoms with Crippen LogP contribution in [0.25, 0.3) is 0 Å². The summed E-state index contributed by atoms with van der Waals surface area (Å²) < 4.78 is 33.7. The van der Waals surface area contributed by atoms with Crippen molar-refractivity contribution >= 4 is 0 Å². The predicted octanol–water partition coefficient (Wildman–Crippen LogP) is 6.10. The van der Waals surface area contributed by atoms with E-state index in [9.17, 15) is 13.9 Å². The zero-order valence-electron chi connectivity index (χ0n) is 16.5. The SMILES string of the molecule is CCOc1ccc(C2C=CC(CCc3ccc(C(C)O)cc3)CC2)c(F)c1F. The summed E-state index contributed by atoms with van der Waals surface area (Å²) in [7, 11) is 0. The fourth-order valence-electron chi connectivity index (χ4n) is 3.79. The average molecular weight is 386 g/mol. The zero-order chi connectivity index (χ0) is 20.1. The van der Waals surface area contributed by atoms with E-state index in [1.54, 1.807) is 19.9 Å². The van der Waals surface area contributed by atoms with Crippen LogP contribution in [0.5, 0.6) is 5.75 Å². The van der Waals surface area contributed by atoms with Crippen molar-refractivity contribution in [1.29, 1.82) is 0 Å². The maximum Gasteiger partial charge on any atom is 0.200 e. The Morgan fingerprint density at radius 1 is 1.04 bits per heavy atom. The van der Waals surface area contributed by atoms with E-state index in [1.165, 1.54) is 11.6 Å². The molecule has 2 nitrogen and oxygen atoms in total. The third kappa shape index (κ3) is 4.79. The number of aryl methyl sites for hydroxylation is 1. The molecule has 3 atom stereocenters. The molecule has 0 bridgehead atoms. The van der Waals surface area contributed by atoms with E-state index in [2.05, 4.69) is 18.2 Å². The van der Waals surface area contributed by atoms with Gasteiger partial charge in [-0.2, -0.15) is 4.39 Å². The molecular weight excluding hydrogens is 358 g/mol. The van der Waals surface area contributed by atoms with Crippen molar-refractivity contribution in [3.63, 3.8) is 0 Å². The minimum Gasteiger partial charge on any atom is -0.491 e. The van der Waals surface area contributed by atoms with Crippen LogP contribution in [0.4, 0.5) is 8.78 Å². The van der Waals surface area contributed by atoms with Gasteiger partial charge in [-0.05, 0) is 68.2 Å². The number of benzene rings is 2. The van der Waals surface area contributed by atoms with Gasteiger partial charge in [-0.25, -0.2) is 4.39 Å². The number of rotatable bonds is 7. The topological polar surface area (TPSA) is 29.5 Å². The first-order chi connectivity index (χ1) is 13.5. The smallest absolute Gasteiger partial charge is 0.200 e. The Morgan fingerprint density at radius 2 is 1.79 bits per heavy atom. The molecule has 3 rings (SSSR count). The molecular formula is C24H28F2O2. The van der Waals surface area contributed by atoms with Crippen molar-refractivity contribution < 1.29 is 18.6 Å². The first kappa shape index (κ1) is 20.5. The van der Waals surface area contributed by atoms with Gasteiger partial charge in [-0.15, -0.1) is 0 Å². The van der Waals surface area contributed by atoms with Gasteiger partial charge in [0.15, 0.2) is 11.6 Å². The summed E-state index contributed by atoms with van der Waals surface area (Å²) >= 11 is 0. The van der Waals surface area contributed by atoms with E-state index in [0.29, 0.717) is 18.1 Å². The summed E-state index contributed by atoms with van der Waals surface area (Å²) in [5.41, 5.74) is 2.58. The Balaban J connectivity index is 1.59. The van der Waals surface area contributed by atoms with Crippen LogP contribution in [0.3, 0.4) is 0 Å². The first-order valence-corrected chi connectivity index (χ1v) is 10.1. The second-order valence-corrected chi connectivity index (χ2v) is 7.50. The molecule has 28 heavy (non-hydrogen) atoms. The van der Waals surface area contributed by atoms with E-state index >= 15 is 0 Å². The summed E-state index contributed by atoms with van der Waals surface area (Å²) in [6.45, 7) is 3.82. The standard InChI is InChI=1S/C24H28F2O2/c1-3-28-22-15-14-21(23(25)24(22)26)20-12-8-18(9-13-20)5-4-17-6-10-19(11-7-17)16(2)27/h6-8,10-12,14-16,18,20,27H,3-5,9,13H2,1-2H3. The lowest BCUT2D eigenvalue weighted by Crippen LogP contribution is -2.11. The van der Waals surface area contributed by atoms with Gasteiger partial charge in [-0.3, -0.25) is 0 Å². The van der Waals surface area contributed by atoms with Crippen LogP contribution in [0, 0.1) is 17.6 Å². The van der Waals surface area contributed by atoms with Crippen molar-refractivity contribution in [2.75, 3.05) is 6.61 Å². The highest BCUT2D eigenvalue weighted by atomic mass is 19.2. The van der Waals surface area contributed by atoms with E-state index in [0.717, 1.165) is 31.2 Å². The molecule has 0 spiro atoms. The third-order valence-electron chi connectivity index (χ3n) is 5.51. The number of ether oxygens (including phenoxy) is 1.